The van der Waals surface area contributed by atoms with Crippen LogP contribution in [0.2, 0.25) is 0 Å². The largest absolute Gasteiger partial charge is 0.456 e. The SMILES string of the molecule is [2H]c1c([2H])c([2H])c2c(-c3cc4oc5ccc6ccccc6c5c4c4ccccc34)c3c([2H])c([2H])c([2H])c([2H])c3c(-c3cccc4ccccc34)c2c1[2H]. The van der Waals surface area contributed by atoms with Gasteiger partial charge in [-0.05, 0) is 88.2 Å². The molecular formula is C44H26O. The Hall–Kier alpha value is -5.92. The Balaban J connectivity index is 1.51. The first kappa shape index (κ1) is 18.0. The molecule has 0 spiro atoms. The molecule has 1 aromatic heterocycles. The number of rotatable bonds is 2. The van der Waals surface area contributed by atoms with Gasteiger partial charge in [-0.3, -0.25) is 0 Å². The first-order valence-electron chi connectivity index (χ1n) is 18.9. The van der Waals surface area contributed by atoms with Crippen molar-refractivity contribution in [2.75, 3.05) is 0 Å². The standard InChI is InChI=1S/C44H26O/c1-3-15-29-27(12-1)14-11-23-32(29)41-34-19-7-9-21-36(34)42(37-22-10-8-20-35(37)41)38-26-40-44(33-18-6-5-17-31(33)38)43-30-16-4-2-13-28(30)24-25-39(43)45-40/h1-26H/i7D,8D,9D,10D,19D,20D,21D,22D. The van der Waals surface area contributed by atoms with E-state index in [4.69, 9.17) is 9.90 Å². The van der Waals surface area contributed by atoms with E-state index < -0.39 is 24.2 Å². The lowest BCUT2D eigenvalue weighted by Crippen LogP contribution is -1.92. The number of hydrogen-bond donors (Lipinski definition) is 0. The lowest BCUT2D eigenvalue weighted by molar-refractivity contribution is 0.669. The van der Waals surface area contributed by atoms with Crippen LogP contribution in [0.25, 0.3) is 98.1 Å². The number of hydrogen-bond acceptors (Lipinski definition) is 1. The van der Waals surface area contributed by atoms with Crippen molar-refractivity contribution in [2.45, 2.75) is 0 Å². The van der Waals surface area contributed by atoms with E-state index in [9.17, 15) is 5.48 Å². The van der Waals surface area contributed by atoms with Gasteiger partial charge in [0.05, 0.1) is 11.0 Å². The van der Waals surface area contributed by atoms with E-state index in [-0.39, 0.29) is 45.7 Å². The van der Waals surface area contributed by atoms with Gasteiger partial charge < -0.3 is 4.42 Å². The molecule has 9 aromatic carbocycles. The molecule has 1 heterocycles. The van der Waals surface area contributed by atoms with E-state index in [0.29, 0.717) is 33.4 Å². The fourth-order valence-corrected chi connectivity index (χ4v) is 7.21. The van der Waals surface area contributed by atoms with Crippen LogP contribution >= 0.6 is 0 Å². The highest BCUT2D eigenvalue weighted by Gasteiger charge is 2.22. The Kier molecular flexibility index (Phi) is 3.72. The van der Waals surface area contributed by atoms with Gasteiger partial charge >= 0.3 is 0 Å². The monoisotopic (exact) mass is 578 g/mol. The van der Waals surface area contributed by atoms with E-state index in [2.05, 4.69) is 12.1 Å². The van der Waals surface area contributed by atoms with E-state index >= 15 is 0 Å². The van der Waals surface area contributed by atoms with Crippen molar-refractivity contribution < 1.29 is 15.4 Å². The molecule has 0 amide bonds. The van der Waals surface area contributed by atoms with Crippen LogP contribution in [0.4, 0.5) is 0 Å². The summed E-state index contributed by atoms with van der Waals surface area (Å²) < 4.78 is 79.9. The van der Waals surface area contributed by atoms with Crippen LogP contribution in [0.15, 0.2) is 162 Å². The van der Waals surface area contributed by atoms with Crippen molar-refractivity contribution in [2.24, 2.45) is 0 Å². The van der Waals surface area contributed by atoms with Crippen molar-refractivity contribution in [3.63, 3.8) is 0 Å². The average Bonchev–Trinajstić information content (AvgIpc) is 3.58. The summed E-state index contributed by atoms with van der Waals surface area (Å²) in [5.74, 6) is 0. The number of benzene rings is 9. The minimum Gasteiger partial charge on any atom is -0.456 e. The Morgan fingerprint density at radius 3 is 1.58 bits per heavy atom. The van der Waals surface area contributed by atoms with Crippen LogP contribution in [0.5, 0.6) is 0 Å². The van der Waals surface area contributed by atoms with Gasteiger partial charge in [-0.2, -0.15) is 0 Å². The maximum absolute atomic E-state index is 9.48. The van der Waals surface area contributed by atoms with E-state index in [0.717, 1.165) is 43.1 Å². The molecule has 0 atom stereocenters. The number of fused-ring (bicyclic) bond motifs is 10. The van der Waals surface area contributed by atoms with E-state index in [1.54, 1.807) is 0 Å². The van der Waals surface area contributed by atoms with Crippen molar-refractivity contribution in [3.8, 4) is 22.3 Å². The van der Waals surface area contributed by atoms with Gasteiger partial charge in [0.15, 0.2) is 0 Å². The zero-order chi connectivity index (χ0) is 36.4. The molecule has 0 aliphatic heterocycles. The molecule has 0 bridgehead atoms. The molecule has 0 fully saturated rings. The molecule has 0 saturated carbocycles. The van der Waals surface area contributed by atoms with Gasteiger partial charge in [0, 0.05) is 10.8 Å². The molecule has 0 radical (unpaired) electrons. The van der Waals surface area contributed by atoms with Crippen LogP contribution in [0, 0.1) is 0 Å². The lowest BCUT2D eigenvalue weighted by Gasteiger charge is -2.20. The second kappa shape index (κ2) is 9.29. The van der Waals surface area contributed by atoms with E-state index in [1.165, 1.54) is 0 Å². The highest BCUT2D eigenvalue weighted by atomic mass is 16.3. The van der Waals surface area contributed by atoms with Gasteiger partial charge in [-0.1, -0.05) is 145 Å². The maximum atomic E-state index is 9.48. The summed E-state index contributed by atoms with van der Waals surface area (Å²) in [6.45, 7) is 0. The molecular weight excluding hydrogens is 544 g/mol. The molecule has 0 saturated heterocycles. The van der Waals surface area contributed by atoms with Crippen LogP contribution in [0.1, 0.15) is 11.0 Å². The fraction of sp³-hybridized carbons (Fsp3) is 0. The number of furan rings is 1. The third-order valence-corrected chi connectivity index (χ3v) is 9.07. The first-order chi connectivity index (χ1) is 25.7. The first-order valence-corrected chi connectivity index (χ1v) is 14.9. The molecule has 0 N–H and O–H groups in total. The van der Waals surface area contributed by atoms with Crippen molar-refractivity contribution >= 4 is 75.8 Å². The van der Waals surface area contributed by atoms with Gasteiger partial charge in [-0.15, -0.1) is 0 Å². The summed E-state index contributed by atoms with van der Waals surface area (Å²) in [6.07, 6.45) is 0. The second-order valence-electron chi connectivity index (χ2n) is 11.4. The summed E-state index contributed by atoms with van der Waals surface area (Å²) >= 11 is 0. The summed E-state index contributed by atoms with van der Waals surface area (Å²) in [6, 6.07) is 32.1. The predicted octanol–water partition coefficient (Wildman–Crippen LogP) is 12.7. The Bertz CT molecular complexity index is 3190. The molecule has 0 unspecified atom stereocenters. The molecule has 1 heteroatoms. The molecule has 0 aliphatic carbocycles. The Labute approximate surface area is 270 Å². The zero-order valence-electron chi connectivity index (χ0n) is 31.8. The van der Waals surface area contributed by atoms with Crippen LogP contribution in [-0.2, 0) is 0 Å². The zero-order valence-corrected chi connectivity index (χ0v) is 23.8. The Morgan fingerprint density at radius 1 is 0.378 bits per heavy atom. The molecule has 10 aromatic rings. The van der Waals surface area contributed by atoms with E-state index in [1.807, 2.05) is 97.1 Å². The van der Waals surface area contributed by atoms with Crippen LogP contribution in [-0.4, -0.2) is 0 Å². The van der Waals surface area contributed by atoms with Crippen LogP contribution < -0.4 is 0 Å². The normalized spacial score (nSPS) is 14.5. The third kappa shape index (κ3) is 3.44. The van der Waals surface area contributed by atoms with Gasteiger partial charge in [0.2, 0.25) is 0 Å². The Morgan fingerprint density at radius 2 is 0.889 bits per heavy atom. The van der Waals surface area contributed by atoms with Gasteiger partial charge in [0.25, 0.3) is 0 Å². The smallest absolute Gasteiger partial charge is 0.136 e. The summed E-state index contributed by atoms with van der Waals surface area (Å²) in [5.41, 5.74) is 2.99. The predicted molar refractivity (Wildman–Crippen MR) is 192 cm³/mol. The van der Waals surface area contributed by atoms with Crippen molar-refractivity contribution in [1.82, 2.24) is 0 Å². The molecule has 10 rings (SSSR count). The minimum atomic E-state index is -0.437. The molecule has 1 nitrogen and oxygen atoms in total. The summed E-state index contributed by atoms with van der Waals surface area (Å²) in [5, 5.41) is 7.88. The van der Waals surface area contributed by atoms with Gasteiger partial charge in [-0.25, -0.2) is 0 Å². The molecule has 0 aliphatic rings. The summed E-state index contributed by atoms with van der Waals surface area (Å²) in [7, 11) is 0. The highest BCUT2D eigenvalue weighted by Crippen LogP contribution is 2.49. The lowest BCUT2D eigenvalue weighted by atomic mass is 9.83. The van der Waals surface area contributed by atoms with Gasteiger partial charge in [0.1, 0.15) is 11.2 Å². The average molecular weight is 579 g/mol. The van der Waals surface area contributed by atoms with Crippen LogP contribution in [0.3, 0.4) is 0 Å². The third-order valence-electron chi connectivity index (χ3n) is 9.07. The summed E-state index contributed by atoms with van der Waals surface area (Å²) in [4.78, 5) is 0. The van der Waals surface area contributed by atoms with Crippen molar-refractivity contribution in [3.05, 3.63) is 158 Å². The molecule has 45 heavy (non-hydrogen) atoms. The molecule has 208 valence electrons. The fourth-order valence-electron chi connectivity index (χ4n) is 7.21. The topological polar surface area (TPSA) is 13.1 Å². The maximum Gasteiger partial charge on any atom is 0.136 e. The quantitative estimate of drug-likeness (QED) is 0.186. The minimum absolute atomic E-state index is 0.169. The van der Waals surface area contributed by atoms with Crippen molar-refractivity contribution in [1.29, 1.82) is 0 Å². The highest BCUT2D eigenvalue weighted by molar-refractivity contribution is 6.31. The second-order valence-corrected chi connectivity index (χ2v) is 11.4.